The second-order valence-corrected chi connectivity index (χ2v) is 4.46. The van der Waals surface area contributed by atoms with Crippen LogP contribution in [0.4, 0.5) is 11.4 Å². The molecule has 1 heterocycles. The Morgan fingerprint density at radius 1 is 1.50 bits per heavy atom. The topological polar surface area (TPSA) is 38.0 Å². The van der Waals surface area contributed by atoms with E-state index in [4.69, 9.17) is 5.73 Å². The molecule has 1 aliphatic rings. The fourth-order valence-corrected chi connectivity index (χ4v) is 1.99. The number of anilines is 2. The highest BCUT2D eigenvalue weighted by Crippen LogP contribution is 2.33. The van der Waals surface area contributed by atoms with Crippen LogP contribution in [0.2, 0.25) is 0 Å². The molecule has 14 heavy (non-hydrogen) atoms. The standard InChI is InChI=1S/C12H18N2/c1-3-12(2)7-6-9-4-5-10(13)8-11(9)14-12/h4-5,8,14H,3,6-7,13H2,1-2H3. The van der Waals surface area contributed by atoms with Crippen LogP contribution < -0.4 is 11.1 Å². The van der Waals surface area contributed by atoms with Gasteiger partial charge >= 0.3 is 0 Å². The van der Waals surface area contributed by atoms with Gasteiger partial charge in [0.05, 0.1) is 0 Å². The third-order valence-corrected chi connectivity index (χ3v) is 3.30. The number of rotatable bonds is 1. The summed E-state index contributed by atoms with van der Waals surface area (Å²) in [7, 11) is 0. The molecule has 3 N–H and O–H groups in total. The average molecular weight is 190 g/mol. The van der Waals surface area contributed by atoms with Crippen molar-refractivity contribution in [3.63, 3.8) is 0 Å². The van der Waals surface area contributed by atoms with Crippen LogP contribution >= 0.6 is 0 Å². The van der Waals surface area contributed by atoms with Crippen molar-refractivity contribution in [1.29, 1.82) is 0 Å². The van der Waals surface area contributed by atoms with Crippen molar-refractivity contribution >= 4 is 11.4 Å². The van der Waals surface area contributed by atoms with E-state index in [9.17, 15) is 0 Å². The molecule has 0 spiro atoms. The number of nitrogens with one attached hydrogen (secondary N) is 1. The number of hydrogen-bond donors (Lipinski definition) is 2. The maximum absolute atomic E-state index is 5.77. The molecule has 2 heteroatoms. The second kappa shape index (κ2) is 3.19. The summed E-state index contributed by atoms with van der Waals surface area (Å²) in [6.45, 7) is 4.50. The lowest BCUT2D eigenvalue weighted by Gasteiger charge is -2.36. The average Bonchev–Trinajstić information content (AvgIpc) is 2.17. The van der Waals surface area contributed by atoms with Crippen molar-refractivity contribution in [2.45, 2.75) is 38.6 Å². The molecule has 1 aromatic rings. The monoisotopic (exact) mass is 190 g/mol. The van der Waals surface area contributed by atoms with E-state index in [0.717, 1.165) is 18.5 Å². The van der Waals surface area contributed by atoms with E-state index >= 15 is 0 Å². The highest BCUT2D eigenvalue weighted by molar-refractivity contribution is 5.62. The minimum atomic E-state index is 0.251. The first kappa shape index (κ1) is 9.38. The SMILES string of the molecule is CCC1(C)CCc2ccc(N)cc2N1. The normalized spacial score (nSPS) is 25.3. The first-order valence-electron chi connectivity index (χ1n) is 5.29. The predicted molar refractivity (Wildman–Crippen MR) is 61.5 cm³/mol. The van der Waals surface area contributed by atoms with Crippen LogP contribution in [0.3, 0.4) is 0 Å². The number of nitrogens with two attached hydrogens (primary N) is 1. The fraction of sp³-hybridized carbons (Fsp3) is 0.500. The third-order valence-electron chi connectivity index (χ3n) is 3.30. The highest BCUT2D eigenvalue weighted by Gasteiger charge is 2.26. The van der Waals surface area contributed by atoms with E-state index in [2.05, 4.69) is 25.2 Å². The summed E-state index contributed by atoms with van der Waals surface area (Å²) < 4.78 is 0. The Balaban J connectivity index is 2.33. The number of benzene rings is 1. The quantitative estimate of drug-likeness (QED) is 0.668. The molecule has 0 amide bonds. The van der Waals surface area contributed by atoms with Gasteiger partial charge < -0.3 is 11.1 Å². The van der Waals surface area contributed by atoms with Crippen molar-refractivity contribution in [3.05, 3.63) is 23.8 Å². The minimum absolute atomic E-state index is 0.251. The number of nitrogen functional groups attached to an aromatic ring is 1. The number of fused-ring (bicyclic) bond motifs is 1. The summed E-state index contributed by atoms with van der Waals surface area (Å²) in [4.78, 5) is 0. The Kier molecular flexibility index (Phi) is 2.14. The van der Waals surface area contributed by atoms with Gasteiger partial charge in [0, 0.05) is 16.9 Å². The van der Waals surface area contributed by atoms with Crippen LogP contribution in [0.5, 0.6) is 0 Å². The zero-order valence-corrected chi connectivity index (χ0v) is 8.93. The molecule has 0 fully saturated rings. The number of hydrogen-bond acceptors (Lipinski definition) is 2. The second-order valence-electron chi connectivity index (χ2n) is 4.46. The summed E-state index contributed by atoms with van der Waals surface area (Å²) in [6.07, 6.45) is 3.52. The van der Waals surface area contributed by atoms with Gasteiger partial charge in [-0.3, -0.25) is 0 Å². The summed E-state index contributed by atoms with van der Waals surface area (Å²) in [6, 6.07) is 6.16. The van der Waals surface area contributed by atoms with Crippen LogP contribution in [0.1, 0.15) is 32.3 Å². The van der Waals surface area contributed by atoms with Crippen LogP contribution in [0.25, 0.3) is 0 Å². The molecule has 1 aliphatic heterocycles. The van der Waals surface area contributed by atoms with E-state index in [1.165, 1.54) is 17.7 Å². The smallest absolute Gasteiger partial charge is 0.0397 e. The molecule has 0 aromatic heterocycles. The molecule has 2 rings (SSSR count). The first-order valence-corrected chi connectivity index (χ1v) is 5.29. The molecule has 76 valence electrons. The molecule has 1 aromatic carbocycles. The van der Waals surface area contributed by atoms with E-state index in [-0.39, 0.29) is 5.54 Å². The van der Waals surface area contributed by atoms with Gasteiger partial charge in [0.1, 0.15) is 0 Å². The maximum atomic E-state index is 5.77. The minimum Gasteiger partial charge on any atom is -0.399 e. The largest absolute Gasteiger partial charge is 0.399 e. The molecular weight excluding hydrogens is 172 g/mol. The lowest BCUT2D eigenvalue weighted by molar-refractivity contribution is 0.444. The Morgan fingerprint density at radius 2 is 2.29 bits per heavy atom. The molecular formula is C12H18N2. The first-order chi connectivity index (χ1) is 6.63. The maximum Gasteiger partial charge on any atom is 0.0397 e. The Bertz CT molecular complexity index is 346. The molecule has 0 aliphatic carbocycles. The van der Waals surface area contributed by atoms with Crippen LogP contribution in [0.15, 0.2) is 18.2 Å². The van der Waals surface area contributed by atoms with Crippen LogP contribution in [-0.2, 0) is 6.42 Å². The summed E-state index contributed by atoms with van der Waals surface area (Å²) in [5.41, 5.74) is 9.48. The highest BCUT2D eigenvalue weighted by atomic mass is 15.0. The Morgan fingerprint density at radius 3 is 3.00 bits per heavy atom. The van der Waals surface area contributed by atoms with Crippen molar-refractivity contribution in [2.75, 3.05) is 11.1 Å². The van der Waals surface area contributed by atoms with Gasteiger partial charge in [0.25, 0.3) is 0 Å². The molecule has 0 saturated carbocycles. The van der Waals surface area contributed by atoms with Gasteiger partial charge in [0.15, 0.2) is 0 Å². The van der Waals surface area contributed by atoms with E-state index < -0.39 is 0 Å². The zero-order chi connectivity index (χ0) is 10.2. The molecule has 1 atom stereocenters. The van der Waals surface area contributed by atoms with Gasteiger partial charge in [-0.15, -0.1) is 0 Å². The Hall–Kier alpha value is -1.18. The van der Waals surface area contributed by atoms with Gasteiger partial charge in [-0.1, -0.05) is 13.0 Å². The van der Waals surface area contributed by atoms with Crippen molar-refractivity contribution in [2.24, 2.45) is 0 Å². The number of aryl methyl sites for hydroxylation is 1. The van der Waals surface area contributed by atoms with Gasteiger partial charge in [-0.2, -0.15) is 0 Å². The molecule has 1 unspecified atom stereocenters. The lowest BCUT2D eigenvalue weighted by atomic mass is 9.86. The van der Waals surface area contributed by atoms with Crippen LogP contribution in [-0.4, -0.2) is 5.54 Å². The summed E-state index contributed by atoms with van der Waals surface area (Å²) in [5.74, 6) is 0. The molecule has 0 saturated heterocycles. The van der Waals surface area contributed by atoms with E-state index in [0.29, 0.717) is 0 Å². The molecule has 2 nitrogen and oxygen atoms in total. The van der Waals surface area contributed by atoms with Gasteiger partial charge in [-0.05, 0) is 43.9 Å². The molecule has 0 bridgehead atoms. The lowest BCUT2D eigenvalue weighted by Crippen LogP contribution is -2.37. The predicted octanol–water partition coefficient (Wildman–Crippen LogP) is 2.80. The van der Waals surface area contributed by atoms with Crippen molar-refractivity contribution in [1.82, 2.24) is 0 Å². The van der Waals surface area contributed by atoms with Gasteiger partial charge in [-0.25, -0.2) is 0 Å². The zero-order valence-electron chi connectivity index (χ0n) is 8.93. The van der Waals surface area contributed by atoms with Crippen molar-refractivity contribution < 1.29 is 0 Å². The third kappa shape index (κ3) is 1.57. The summed E-state index contributed by atoms with van der Waals surface area (Å²) in [5, 5.41) is 3.58. The van der Waals surface area contributed by atoms with Crippen molar-refractivity contribution in [3.8, 4) is 0 Å². The fourth-order valence-electron chi connectivity index (χ4n) is 1.99. The molecule has 0 radical (unpaired) electrons. The van der Waals surface area contributed by atoms with E-state index in [1.807, 2.05) is 12.1 Å². The van der Waals surface area contributed by atoms with E-state index in [1.54, 1.807) is 0 Å². The van der Waals surface area contributed by atoms with Gasteiger partial charge in [0.2, 0.25) is 0 Å². The Labute approximate surface area is 85.5 Å². The summed E-state index contributed by atoms with van der Waals surface area (Å²) >= 11 is 0. The van der Waals surface area contributed by atoms with Crippen LogP contribution in [0, 0.1) is 0 Å².